The second kappa shape index (κ2) is 10.4. The van der Waals surface area contributed by atoms with Crippen molar-refractivity contribution in [1.29, 1.82) is 0 Å². The number of rotatable bonds is 10. The van der Waals surface area contributed by atoms with Crippen molar-refractivity contribution in [3.05, 3.63) is 59.2 Å². The first-order valence-electron chi connectivity index (χ1n) is 15.6. The van der Waals surface area contributed by atoms with Gasteiger partial charge in [0, 0.05) is 54.9 Å². The summed E-state index contributed by atoms with van der Waals surface area (Å²) in [6.45, 7) is 1.98. The van der Waals surface area contributed by atoms with E-state index < -0.39 is 0 Å². The summed E-state index contributed by atoms with van der Waals surface area (Å²) >= 11 is 0. The lowest BCUT2D eigenvalue weighted by molar-refractivity contribution is -0.140. The number of aliphatic hydroxyl groups excluding tert-OH is 1. The first-order valence-corrected chi connectivity index (χ1v) is 15.6. The molecular formula is C34H42N2O5. The van der Waals surface area contributed by atoms with Crippen LogP contribution in [0.25, 0.3) is 0 Å². The third-order valence-electron chi connectivity index (χ3n) is 11.0. The van der Waals surface area contributed by atoms with Crippen LogP contribution in [0, 0.1) is 11.8 Å². The highest BCUT2D eigenvalue weighted by Crippen LogP contribution is 2.64. The molecule has 2 unspecified atom stereocenters. The van der Waals surface area contributed by atoms with Gasteiger partial charge in [-0.2, -0.15) is 0 Å². The number of ketones is 1. The molecule has 1 N–H and O–H groups in total. The van der Waals surface area contributed by atoms with Crippen molar-refractivity contribution >= 4 is 11.7 Å². The summed E-state index contributed by atoms with van der Waals surface area (Å²) in [5.41, 5.74) is 3.34. The van der Waals surface area contributed by atoms with E-state index in [0.29, 0.717) is 43.6 Å². The lowest BCUT2D eigenvalue weighted by atomic mass is 9.51. The van der Waals surface area contributed by atoms with E-state index in [1.165, 1.54) is 11.1 Å². The predicted molar refractivity (Wildman–Crippen MR) is 155 cm³/mol. The second-order valence-corrected chi connectivity index (χ2v) is 13.0. The van der Waals surface area contributed by atoms with E-state index >= 15 is 0 Å². The number of carbonyl (C=O) groups excluding carboxylic acids is 2. The quantitative estimate of drug-likeness (QED) is 0.344. The van der Waals surface area contributed by atoms with Gasteiger partial charge in [0.05, 0.1) is 19.3 Å². The average Bonchev–Trinajstić information content (AvgIpc) is 3.58. The lowest BCUT2D eigenvalue weighted by Crippen LogP contribution is -2.69. The Kier molecular flexibility index (Phi) is 6.86. The molecule has 1 spiro atoms. The van der Waals surface area contributed by atoms with Crippen LogP contribution in [0.15, 0.2) is 42.5 Å². The van der Waals surface area contributed by atoms with Crippen LogP contribution < -0.4 is 9.47 Å². The van der Waals surface area contributed by atoms with Crippen LogP contribution in [-0.4, -0.2) is 78.1 Å². The van der Waals surface area contributed by atoms with Gasteiger partial charge >= 0.3 is 0 Å². The minimum atomic E-state index is -0.132. The molecule has 7 rings (SSSR count). The number of piperidine rings is 1. The fourth-order valence-electron chi connectivity index (χ4n) is 8.79. The monoisotopic (exact) mass is 558 g/mol. The van der Waals surface area contributed by atoms with Crippen molar-refractivity contribution in [2.24, 2.45) is 11.8 Å². The first-order chi connectivity index (χ1) is 19.9. The standard InChI is InChI=1S/C34H42N2O5/c1-35(30(39)11-7-6-10-27(37)21-8-4-3-5-9-21)25-14-13-24-26-18-22-12-15-29(40-2)32-31(22)34(24,33(25)41-32)16-17-36(26)20-23-19-28(23)38/h3-5,8-9,12,15,23-26,28,33,38H,6-7,10-11,13-14,16-20H2,1-2H3/t23?,24-,25-,26+,28?,33-,34-/m0/s1. The number of hydrogen-bond donors (Lipinski definition) is 1. The summed E-state index contributed by atoms with van der Waals surface area (Å²) in [5.74, 6) is 2.86. The molecule has 5 aliphatic rings. The number of unbranched alkanes of at least 4 members (excludes halogenated alkanes) is 1. The zero-order valence-electron chi connectivity index (χ0n) is 24.3. The number of Topliss-reactive ketones (excluding diaryl/α,β-unsaturated/α-hetero) is 1. The molecule has 7 atom stereocenters. The summed E-state index contributed by atoms with van der Waals surface area (Å²) in [7, 11) is 3.66. The van der Waals surface area contributed by atoms with Gasteiger partial charge < -0.3 is 19.5 Å². The number of nitrogens with zero attached hydrogens (tertiary/aromatic N) is 2. The number of amides is 1. The Morgan fingerprint density at radius 3 is 2.66 bits per heavy atom. The third-order valence-corrected chi connectivity index (χ3v) is 11.0. The number of hydrogen-bond acceptors (Lipinski definition) is 6. The molecule has 7 nitrogen and oxygen atoms in total. The van der Waals surface area contributed by atoms with E-state index in [4.69, 9.17) is 9.47 Å². The second-order valence-electron chi connectivity index (χ2n) is 13.0. The molecule has 1 saturated heterocycles. The van der Waals surface area contributed by atoms with Gasteiger partial charge in [-0.15, -0.1) is 0 Å². The third kappa shape index (κ3) is 4.38. The predicted octanol–water partition coefficient (Wildman–Crippen LogP) is 4.39. The maximum Gasteiger partial charge on any atom is 0.222 e. The van der Waals surface area contributed by atoms with Crippen LogP contribution in [0.5, 0.6) is 11.5 Å². The number of likely N-dealkylation sites (tertiary alicyclic amines) is 1. The van der Waals surface area contributed by atoms with E-state index in [-0.39, 0.29) is 35.4 Å². The van der Waals surface area contributed by atoms with E-state index in [2.05, 4.69) is 11.0 Å². The van der Waals surface area contributed by atoms with Gasteiger partial charge in [-0.05, 0) is 69.0 Å². The van der Waals surface area contributed by atoms with Crippen LogP contribution in [0.4, 0.5) is 0 Å². The van der Waals surface area contributed by atoms with Gasteiger partial charge in [0.1, 0.15) is 6.10 Å². The molecule has 2 saturated carbocycles. The zero-order chi connectivity index (χ0) is 28.3. The van der Waals surface area contributed by atoms with Crippen molar-refractivity contribution < 1.29 is 24.2 Å². The molecule has 2 aromatic carbocycles. The Balaban J connectivity index is 1.08. The first kappa shape index (κ1) is 27.0. The highest BCUT2D eigenvalue weighted by molar-refractivity contribution is 5.95. The summed E-state index contributed by atoms with van der Waals surface area (Å²) < 4.78 is 12.7. The molecule has 3 aliphatic carbocycles. The molecule has 0 radical (unpaired) electrons. The number of aliphatic hydroxyl groups is 1. The van der Waals surface area contributed by atoms with Crippen LogP contribution in [0.1, 0.15) is 72.9 Å². The Hall–Kier alpha value is -2.90. The molecule has 7 heteroatoms. The summed E-state index contributed by atoms with van der Waals surface area (Å²) in [5, 5.41) is 10.1. The maximum atomic E-state index is 13.5. The molecule has 0 aromatic heterocycles. The summed E-state index contributed by atoms with van der Waals surface area (Å²) in [6, 6.07) is 14.1. The lowest BCUT2D eigenvalue weighted by Gasteiger charge is -2.60. The van der Waals surface area contributed by atoms with E-state index in [1.54, 1.807) is 7.11 Å². The van der Waals surface area contributed by atoms with Crippen molar-refractivity contribution in [2.75, 3.05) is 27.2 Å². The van der Waals surface area contributed by atoms with Gasteiger partial charge in [-0.1, -0.05) is 36.4 Å². The van der Waals surface area contributed by atoms with E-state index in [9.17, 15) is 14.7 Å². The minimum Gasteiger partial charge on any atom is -0.493 e. The summed E-state index contributed by atoms with van der Waals surface area (Å²) in [6.07, 6.45) is 7.05. The van der Waals surface area contributed by atoms with Crippen LogP contribution >= 0.6 is 0 Å². The molecule has 1 amide bonds. The average molecular weight is 559 g/mol. The smallest absolute Gasteiger partial charge is 0.222 e. The van der Waals surface area contributed by atoms with Gasteiger partial charge in [0.25, 0.3) is 0 Å². The van der Waals surface area contributed by atoms with Gasteiger partial charge in [-0.3, -0.25) is 14.5 Å². The number of ether oxygens (including phenoxy) is 2. The molecule has 2 aromatic rings. The maximum absolute atomic E-state index is 13.5. The zero-order valence-corrected chi connectivity index (χ0v) is 24.3. The van der Waals surface area contributed by atoms with Crippen molar-refractivity contribution in [3.63, 3.8) is 0 Å². The Bertz CT molecular complexity index is 1330. The number of carbonyl (C=O) groups is 2. The van der Waals surface area contributed by atoms with Crippen molar-refractivity contribution in [2.45, 2.75) is 87.5 Å². The molecule has 3 fully saturated rings. The topological polar surface area (TPSA) is 79.3 Å². The minimum absolute atomic E-state index is 0.00483. The van der Waals surface area contributed by atoms with Crippen molar-refractivity contribution in [3.8, 4) is 11.5 Å². The van der Waals surface area contributed by atoms with Gasteiger partial charge in [0.2, 0.25) is 5.91 Å². The molecule has 2 bridgehead atoms. The Morgan fingerprint density at radius 1 is 1.12 bits per heavy atom. The SMILES string of the molecule is COc1ccc2c3c1O[C@H]1[C@@H](N(C)C(=O)CCCCC(=O)c4ccccc4)CC[C@H]4[C@@H](C2)N(CC2CC2O)CC[C@@]341. The normalized spacial score (nSPS) is 32.6. The van der Waals surface area contributed by atoms with Crippen LogP contribution in [-0.2, 0) is 16.6 Å². The number of likely N-dealkylation sites (N-methyl/N-ethyl adjacent to an activating group) is 1. The Labute approximate surface area is 242 Å². The molecule has 2 aliphatic heterocycles. The molecule has 2 heterocycles. The largest absolute Gasteiger partial charge is 0.493 e. The fraction of sp³-hybridized carbons (Fsp3) is 0.588. The van der Waals surface area contributed by atoms with Crippen LogP contribution in [0.2, 0.25) is 0 Å². The van der Waals surface area contributed by atoms with E-state index in [0.717, 1.165) is 62.3 Å². The van der Waals surface area contributed by atoms with Crippen LogP contribution in [0.3, 0.4) is 0 Å². The highest BCUT2D eigenvalue weighted by Gasteiger charge is 2.66. The van der Waals surface area contributed by atoms with Gasteiger partial charge in [0.15, 0.2) is 17.3 Å². The molecular weight excluding hydrogens is 516 g/mol. The number of benzene rings is 2. The fourth-order valence-corrected chi connectivity index (χ4v) is 8.79. The van der Waals surface area contributed by atoms with E-state index in [1.807, 2.05) is 48.3 Å². The Morgan fingerprint density at radius 2 is 1.90 bits per heavy atom. The highest BCUT2D eigenvalue weighted by atomic mass is 16.5. The molecule has 218 valence electrons. The van der Waals surface area contributed by atoms with Crippen molar-refractivity contribution in [1.82, 2.24) is 9.80 Å². The number of methoxy groups -OCH3 is 1. The molecule has 41 heavy (non-hydrogen) atoms. The van der Waals surface area contributed by atoms with Gasteiger partial charge in [-0.25, -0.2) is 0 Å². The summed E-state index contributed by atoms with van der Waals surface area (Å²) in [4.78, 5) is 30.6.